The van der Waals surface area contributed by atoms with Crippen molar-refractivity contribution in [3.05, 3.63) is 17.6 Å². The topological polar surface area (TPSA) is 78.9 Å². The van der Waals surface area contributed by atoms with E-state index in [0.717, 1.165) is 55.9 Å². The van der Waals surface area contributed by atoms with Gasteiger partial charge in [-0.25, -0.2) is 9.97 Å². The quantitative estimate of drug-likeness (QED) is 0.591. The van der Waals surface area contributed by atoms with Crippen LogP contribution in [0.4, 0.5) is 5.82 Å². The molecule has 26 heavy (non-hydrogen) atoms. The summed E-state index contributed by atoms with van der Waals surface area (Å²) in [6.45, 7) is 7.60. The summed E-state index contributed by atoms with van der Waals surface area (Å²) in [5, 5.41) is 10.1. The average Bonchev–Trinajstić information content (AvgIpc) is 3.24. The van der Waals surface area contributed by atoms with Crippen molar-refractivity contribution in [1.82, 2.24) is 20.6 Å². The van der Waals surface area contributed by atoms with E-state index >= 15 is 0 Å². The molecule has 3 rings (SSSR count). The number of fused-ring (bicyclic) bond motifs is 2. The van der Waals surface area contributed by atoms with Crippen LogP contribution in [0.3, 0.4) is 0 Å². The maximum absolute atomic E-state index is 12.8. The second kappa shape index (κ2) is 8.33. The molecule has 1 aromatic rings. The molecule has 1 aromatic heterocycles. The van der Waals surface area contributed by atoms with Gasteiger partial charge in [-0.15, -0.1) is 0 Å². The first-order valence-corrected chi connectivity index (χ1v) is 10.2. The maximum atomic E-state index is 12.8. The highest BCUT2D eigenvalue weighted by atomic mass is 16.2. The summed E-state index contributed by atoms with van der Waals surface area (Å²) in [4.78, 5) is 21.9. The molecule has 0 aliphatic carbocycles. The van der Waals surface area contributed by atoms with Crippen LogP contribution >= 0.6 is 0 Å². The van der Waals surface area contributed by atoms with Gasteiger partial charge in [0.1, 0.15) is 11.6 Å². The Kier molecular flexibility index (Phi) is 6.12. The first-order chi connectivity index (χ1) is 12.6. The van der Waals surface area contributed by atoms with Gasteiger partial charge in [-0.2, -0.15) is 0 Å². The molecule has 0 radical (unpaired) electrons. The predicted molar refractivity (Wildman–Crippen MR) is 104 cm³/mol. The molecule has 6 heteroatoms. The Morgan fingerprint density at radius 3 is 2.81 bits per heavy atom. The van der Waals surface area contributed by atoms with Gasteiger partial charge in [0.15, 0.2) is 0 Å². The van der Waals surface area contributed by atoms with Crippen molar-refractivity contribution in [1.29, 1.82) is 0 Å². The van der Waals surface area contributed by atoms with Gasteiger partial charge in [0.05, 0.1) is 5.41 Å². The molecule has 6 nitrogen and oxygen atoms in total. The molecule has 2 aliphatic rings. The maximum Gasteiger partial charge on any atom is 0.227 e. The van der Waals surface area contributed by atoms with E-state index in [4.69, 9.17) is 0 Å². The van der Waals surface area contributed by atoms with E-state index in [1.165, 1.54) is 6.42 Å². The number of nitrogens with zero attached hydrogens (tertiary/aromatic N) is 2. The minimum atomic E-state index is -0.207. The van der Waals surface area contributed by atoms with E-state index in [9.17, 15) is 4.79 Å². The molecule has 0 aromatic carbocycles. The van der Waals surface area contributed by atoms with Crippen LogP contribution in [0, 0.1) is 12.3 Å². The Labute approximate surface area is 157 Å². The van der Waals surface area contributed by atoms with Crippen LogP contribution < -0.4 is 16.0 Å². The lowest BCUT2D eigenvalue weighted by Crippen LogP contribution is -2.49. The Bertz CT molecular complexity index is 635. The SMILES string of the molecule is CCCCc1nc(C)cc(NCCNC(=O)[C@]2(CC)C[C@@H]3CC[C@H]2N3)n1. The Balaban J connectivity index is 1.48. The van der Waals surface area contributed by atoms with Crippen LogP contribution in [0.5, 0.6) is 0 Å². The van der Waals surface area contributed by atoms with Crippen molar-refractivity contribution >= 4 is 11.7 Å². The van der Waals surface area contributed by atoms with E-state index in [-0.39, 0.29) is 11.3 Å². The third-order valence-corrected chi connectivity index (χ3v) is 5.97. The second-order valence-electron chi connectivity index (χ2n) is 7.80. The number of rotatable bonds is 9. The molecule has 0 spiro atoms. The number of unbranched alkanes of at least 4 members (excludes halogenated alkanes) is 1. The lowest BCUT2D eigenvalue weighted by molar-refractivity contribution is -0.132. The first-order valence-electron chi connectivity index (χ1n) is 10.2. The molecular weight excluding hydrogens is 326 g/mol. The van der Waals surface area contributed by atoms with Crippen molar-refractivity contribution in [3.8, 4) is 0 Å². The van der Waals surface area contributed by atoms with Crippen molar-refractivity contribution < 1.29 is 4.79 Å². The second-order valence-corrected chi connectivity index (χ2v) is 7.80. The van der Waals surface area contributed by atoms with Gasteiger partial charge in [-0.05, 0) is 39.0 Å². The molecule has 3 atom stereocenters. The number of carbonyl (C=O) groups excluding carboxylic acids is 1. The van der Waals surface area contributed by atoms with Crippen LogP contribution in [0.25, 0.3) is 0 Å². The predicted octanol–water partition coefficient (Wildman–Crippen LogP) is 2.58. The van der Waals surface area contributed by atoms with Crippen molar-refractivity contribution in [3.63, 3.8) is 0 Å². The lowest BCUT2D eigenvalue weighted by Gasteiger charge is -2.34. The molecule has 1 amide bonds. The third kappa shape index (κ3) is 4.00. The Morgan fingerprint density at radius 1 is 1.31 bits per heavy atom. The minimum Gasteiger partial charge on any atom is -0.368 e. The number of aromatic nitrogens is 2. The van der Waals surface area contributed by atoms with Gasteiger partial charge in [-0.1, -0.05) is 20.3 Å². The van der Waals surface area contributed by atoms with Crippen molar-refractivity contribution in [2.75, 3.05) is 18.4 Å². The molecule has 3 N–H and O–H groups in total. The van der Waals surface area contributed by atoms with Gasteiger partial charge < -0.3 is 16.0 Å². The Morgan fingerprint density at radius 2 is 2.15 bits per heavy atom. The summed E-state index contributed by atoms with van der Waals surface area (Å²) < 4.78 is 0. The summed E-state index contributed by atoms with van der Waals surface area (Å²) in [5.74, 6) is 1.96. The fraction of sp³-hybridized carbons (Fsp3) is 0.750. The molecule has 3 heterocycles. The number of hydrogen-bond acceptors (Lipinski definition) is 5. The molecule has 0 unspecified atom stereocenters. The van der Waals surface area contributed by atoms with Gasteiger partial charge >= 0.3 is 0 Å². The molecule has 2 bridgehead atoms. The summed E-state index contributed by atoms with van der Waals surface area (Å²) >= 11 is 0. The van der Waals surface area contributed by atoms with E-state index in [1.807, 2.05) is 13.0 Å². The highest BCUT2D eigenvalue weighted by molar-refractivity contribution is 5.84. The number of hydrogen-bond donors (Lipinski definition) is 3. The van der Waals surface area contributed by atoms with Crippen LogP contribution in [0.1, 0.15) is 63.9 Å². The number of carbonyl (C=O) groups is 1. The summed E-state index contributed by atoms with van der Waals surface area (Å²) in [6.07, 6.45) is 7.40. The summed E-state index contributed by atoms with van der Waals surface area (Å²) in [6, 6.07) is 2.86. The normalized spacial score (nSPS) is 26.9. The van der Waals surface area contributed by atoms with Crippen LogP contribution in [-0.2, 0) is 11.2 Å². The fourth-order valence-electron chi connectivity index (χ4n) is 4.51. The van der Waals surface area contributed by atoms with E-state index in [2.05, 4.69) is 39.8 Å². The zero-order valence-electron chi connectivity index (χ0n) is 16.4. The standard InChI is InChI=1S/C20H33N5O/c1-4-6-7-17-23-14(3)12-18(25-17)21-10-11-22-19(26)20(5-2)13-15-8-9-16(20)24-15/h12,15-16,24H,4-11,13H2,1-3H3,(H,22,26)(H,21,23,25)/t15-,16+,20+/m0/s1. The van der Waals surface area contributed by atoms with Gasteiger partial charge in [0.2, 0.25) is 5.91 Å². The number of aryl methyl sites for hydroxylation is 2. The van der Waals surface area contributed by atoms with E-state index in [0.29, 0.717) is 25.2 Å². The molecule has 2 aliphatic heterocycles. The highest BCUT2D eigenvalue weighted by Gasteiger charge is 2.54. The van der Waals surface area contributed by atoms with Gasteiger partial charge in [0.25, 0.3) is 0 Å². The number of nitrogens with one attached hydrogen (secondary N) is 3. The molecule has 2 saturated heterocycles. The van der Waals surface area contributed by atoms with Crippen molar-refractivity contribution in [2.45, 2.75) is 77.8 Å². The summed E-state index contributed by atoms with van der Waals surface area (Å²) in [7, 11) is 0. The molecule has 144 valence electrons. The molecule has 0 saturated carbocycles. The number of anilines is 1. The van der Waals surface area contributed by atoms with E-state index in [1.54, 1.807) is 0 Å². The lowest BCUT2D eigenvalue weighted by atomic mass is 9.71. The smallest absolute Gasteiger partial charge is 0.227 e. The fourth-order valence-corrected chi connectivity index (χ4v) is 4.51. The van der Waals surface area contributed by atoms with Crippen molar-refractivity contribution in [2.24, 2.45) is 5.41 Å². The van der Waals surface area contributed by atoms with Gasteiger partial charge in [0, 0.05) is 43.4 Å². The van der Waals surface area contributed by atoms with Gasteiger partial charge in [-0.3, -0.25) is 4.79 Å². The molecular formula is C20H33N5O. The van der Waals surface area contributed by atoms with E-state index < -0.39 is 0 Å². The first kappa shape index (κ1) is 19.1. The Hall–Kier alpha value is -1.69. The average molecular weight is 360 g/mol. The summed E-state index contributed by atoms with van der Waals surface area (Å²) in [5.41, 5.74) is 0.775. The molecule has 2 fully saturated rings. The highest BCUT2D eigenvalue weighted by Crippen LogP contribution is 2.45. The number of amides is 1. The minimum absolute atomic E-state index is 0.207. The monoisotopic (exact) mass is 359 g/mol. The van der Waals surface area contributed by atoms with Crippen LogP contribution in [0.2, 0.25) is 0 Å². The van der Waals surface area contributed by atoms with Crippen LogP contribution in [-0.4, -0.2) is 41.0 Å². The zero-order chi connectivity index (χ0) is 18.6. The zero-order valence-corrected chi connectivity index (χ0v) is 16.4. The third-order valence-electron chi connectivity index (χ3n) is 5.97. The largest absolute Gasteiger partial charge is 0.368 e. The van der Waals surface area contributed by atoms with Crippen LogP contribution in [0.15, 0.2) is 6.07 Å².